The SMILES string of the molecule is CCC(N(NC(=O)c1ccc(F)cc1)C(N)=O)(C(F)(F)F)C(F)(F)F. The van der Waals surface area contributed by atoms with Crippen LogP contribution < -0.4 is 11.2 Å². The number of nitrogens with one attached hydrogen (secondary N) is 1. The van der Waals surface area contributed by atoms with Crippen LogP contribution in [0.1, 0.15) is 23.7 Å². The van der Waals surface area contributed by atoms with E-state index in [1.54, 1.807) is 0 Å². The number of carbonyl (C=O) groups excluding carboxylic acids is 2. The summed E-state index contributed by atoms with van der Waals surface area (Å²) >= 11 is 0. The average molecular weight is 375 g/mol. The van der Waals surface area contributed by atoms with Gasteiger partial charge < -0.3 is 5.73 Å². The standard InChI is InChI=1S/C13H12F7N3O2/c1-2-11(12(15,16)17,13(18,19)20)23(10(21)25)22-9(24)7-3-5-8(14)6-4-7/h3-6H,2H2,1H3,(H2,21,25)(H,22,24). The zero-order valence-corrected chi connectivity index (χ0v) is 12.5. The van der Waals surface area contributed by atoms with E-state index in [0.29, 0.717) is 6.92 Å². The molecule has 12 heteroatoms. The molecule has 0 atom stereocenters. The summed E-state index contributed by atoms with van der Waals surface area (Å²) in [4.78, 5) is 23.2. The number of hydrazine groups is 1. The second kappa shape index (κ2) is 6.76. The fraction of sp³-hybridized carbons (Fsp3) is 0.385. The first-order valence-corrected chi connectivity index (χ1v) is 6.57. The Bertz CT molecular complexity index is 627. The first kappa shape index (κ1) is 20.5. The summed E-state index contributed by atoms with van der Waals surface area (Å²) in [5, 5.41) is -1.00. The molecule has 25 heavy (non-hydrogen) atoms. The number of amides is 3. The Morgan fingerprint density at radius 2 is 1.48 bits per heavy atom. The summed E-state index contributed by atoms with van der Waals surface area (Å²) in [6.45, 7) is 0.529. The molecule has 0 aliphatic carbocycles. The summed E-state index contributed by atoms with van der Waals surface area (Å²) < 4.78 is 92.1. The van der Waals surface area contributed by atoms with E-state index < -0.39 is 52.6 Å². The van der Waals surface area contributed by atoms with Crippen molar-refractivity contribution in [2.45, 2.75) is 31.2 Å². The highest BCUT2D eigenvalue weighted by atomic mass is 19.4. The largest absolute Gasteiger partial charge is 0.422 e. The molecule has 140 valence electrons. The molecule has 0 fully saturated rings. The molecule has 0 saturated carbocycles. The first-order valence-electron chi connectivity index (χ1n) is 6.57. The minimum absolute atomic E-state index is 0.484. The topological polar surface area (TPSA) is 75.4 Å². The normalized spacial score (nSPS) is 12.6. The minimum Gasteiger partial charge on any atom is -0.350 e. The van der Waals surface area contributed by atoms with Crippen LogP contribution in [0, 0.1) is 5.82 Å². The molecule has 3 N–H and O–H groups in total. The highest BCUT2D eigenvalue weighted by Gasteiger charge is 2.74. The molecule has 0 aliphatic rings. The maximum Gasteiger partial charge on any atom is 0.422 e. The maximum absolute atomic E-state index is 13.2. The second-order valence-electron chi connectivity index (χ2n) is 4.83. The lowest BCUT2D eigenvalue weighted by Crippen LogP contribution is -2.73. The van der Waals surface area contributed by atoms with Crippen molar-refractivity contribution < 1.29 is 40.3 Å². The fourth-order valence-electron chi connectivity index (χ4n) is 2.08. The Morgan fingerprint density at radius 1 is 1.04 bits per heavy atom. The Balaban J connectivity index is 3.38. The third-order valence-corrected chi connectivity index (χ3v) is 3.37. The van der Waals surface area contributed by atoms with E-state index >= 15 is 0 Å². The third-order valence-electron chi connectivity index (χ3n) is 3.37. The summed E-state index contributed by atoms with van der Waals surface area (Å²) in [6.07, 6.45) is -13.6. The molecule has 5 nitrogen and oxygen atoms in total. The summed E-state index contributed by atoms with van der Waals surface area (Å²) in [6, 6.07) is 0.942. The molecule has 3 amide bonds. The Kier molecular flexibility index (Phi) is 5.55. The van der Waals surface area contributed by atoms with Gasteiger partial charge in [-0.1, -0.05) is 6.92 Å². The lowest BCUT2D eigenvalue weighted by atomic mass is 9.93. The Morgan fingerprint density at radius 3 is 1.80 bits per heavy atom. The lowest BCUT2D eigenvalue weighted by Gasteiger charge is -2.43. The van der Waals surface area contributed by atoms with E-state index in [1.807, 2.05) is 0 Å². The van der Waals surface area contributed by atoms with Gasteiger partial charge >= 0.3 is 18.4 Å². The van der Waals surface area contributed by atoms with E-state index in [2.05, 4.69) is 5.73 Å². The van der Waals surface area contributed by atoms with Crippen molar-refractivity contribution in [2.24, 2.45) is 5.73 Å². The van der Waals surface area contributed by atoms with Gasteiger partial charge in [0, 0.05) is 5.56 Å². The third kappa shape index (κ3) is 3.77. The summed E-state index contributed by atoms with van der Waals surface area (Å²) in [5.41, 5.74) is 0.650. The monoisotopic (exact) mass is 375 g/mol. The number of rotatable bonds is 3. The quantitative estimate of drug-likeness (QED) is 0.629. The first-order chi connectivity index (χ1) is 11.3. The molecule has 0 bridgehead atoms. The maximum atomic E-state index is 13.2. The van der Waals surface area contributed by atoms with E-state index in [0.717, 1.165) is 24.3 Å². The van der Waals surface area contributed by atoms with Crippen LogP contribution in [0.25, 0.3) is 0 Å². The molecule has 0 heterocycles. The van der Waals surface area contributed by atoms with Crippen LogP contribution in [0.15, 0.2) is 24.3 Å². The van der Waals surface area contributed by atoms with Gasteiger partial charge in [-0.05, 0) is 30.7 Å². The highest BCUT2D eigenvalue weighted by Crippen LogP contribution is 2.48. The van der Waals surface area contributed by atoms with Gasteiger partial charge in [0.15, 0.2) is 0 Å². The second-order valence-corrected chi connectivity index (χ2v) is 4.83. The average Bonchev–Trinajstić information content (AvgIpc) is 2.44. The van der Waals surface area contributed by atoms with Crippen molar-refractivity contribution in [1.29, 1.82) is 0 Å². The van der Waals surface area contributed by atoms with Gasteiger partial charge in [-0.2, -0.15) is 26.3 Å². The van der Waals surface area contributed by atoms with Crippen molar-refractivity contribution in [3.8, 4) is 0 Å². The summed E-state index contributed by atoms with van der Waals surface area (Å²) in [5.74, 6) is -2.30. The van der Waals surface area contributed by atoms with Crippen LogP contribution in [0.4, 0.5) is 35.5 Å². The van der Waals surface area contributed by atoms with E-state index in [-0.39, 0.29) is 0 Å². The number of nitrogens with two attached hydrogens (primary N) is 1. The van der Waals surface area contributed by atoms with Gasteiger partial charge in [0.05, 0.1) is 0 Å². The van der Waals surface area contributed by atoms with Gasteiger partial charge in [-0.15, -0.1) is 0 Å². The lowest BCUT2D eigenvalue weighted by molar-refractivity contribution is -0.337. The van der Waals surface area contributed by atoms with Gasteiger partial charge in [-0.25, -0.2) is 14.2 Å². The van der Waals surface area contributed by atoms with E-state index in [9.17, 15) is 40.3 Å². The van der Waals surface area contributed by atoms with Gasteiger partial charge in [-0.3, -0.25) is 10.2 Å². The molecule has 0 aromatic heterocycles. The predicted octanol–water partition coefficient (Wildman–Crippen LogP) is 3.12. The van der Waals surface area contributed by atoms with Crippen LogP contribution in [0.2, 0.25) is 0 Å². The minimum atomic E-state index is -5.99. The predicted molar refractivity (Wildman–Crippen MR) is 70.4 cm³/mol. The number of carbonyl (C=O) groups is 2. The van der Waals surface area contributed by atoms with Crippen molar-refractivity contribution in [2.75, 3.05) is 0 Å². The van der Waals surface area contributed by atoms with Crippen molar-refractivity contribution in [3.05, 3.63) is 35.6 Å². The molecule has 0 spiro atoms. The van der Waals surface area contributed by atoms with Crippen LogP contribution in [-0.4, -0.2) is 34.8 Å². The molecule has 1 aromatic rings. The zero-order chi connectivity index (χ0) is 19.6. The molecule has 0 aliphatic heterocycles. The van der Waals surface area contributed by atoms with Crippen LogP contribution in [-0.2, 0) is 0 Å². The number of nitrogens with zero attached hydrogens (tertiary/aromatic N) is 1. The van der Waals surface area contributed by atoms with Crippen LogP contribution in [0.5, 0.6) is 0 Å². The van der Waals surface area contributed by atoms with Crippen molar-refractivity contribution >= 4 is 11.9 Å². The number of benzene rings is 1. The highest BCUT2D eigenvalue weighted by molar-refractivity contribution is 5.95. The van der Waals surface area contributed by atoms with Gasteiger partial charge in [0.2, 0.25) is 0 Å². The van der Waals surface area contributed by atoms with Crippen LogP contribution in [0.3, 0.4) is 0 Å². The van der Waals surface area contributed by atoms with E-state index in [1.165, 1.54) is 5.43 Å². The summed E-state index contributed by atoms with van der Waals surface area (Å²) in [7, 11) is 0. The number of hydrogen-bond acceptors (Lipinski definition) is 2. The van der Waals surface area contributed by atoms with Gasteiger partial charge in [0.25, 0.3) is 11.4 Å². The molecule has 0 saturated heterocycles. The fourth-order valence-corrected chi connectivity index (χ4v) is 2.08. The molecule has 1 aromatic carbocycles. The number of hydrogen-bond donors (Lipinski definition) is 2. The smallest absolute Gasteiger partial charge is 0.350 e. The van der Waals surface area contributed by atoms with Crippen molar-refractivity contribution in [1.82, 2.24) is 10.4 Å². The molecular formula is C13H12F7N3O2. The number of halogens is 7. The molecule has 0 radical (unpaired) electrons. The number of urea groups is 1. The molecule has 1 rings (SSSR count). The number of alkyl halides is 6. The van der Waals surface area contributed by atoms with E-state index in [4.69, 9.17) is 0 Å². The van der Waals surface area contributed by atoms with Crippen LogP contribution >= 0.6 is 0 Å². The van der Waals surface area contributed by atoms with Crippen molar-refractivity contribution in [3.63, 3.8) is 0 Å². The molecule has 0 unspecified atom stereocenters. The van der Waals surface area contributed by atoms with Gasteiger partial charge in [0.1, 0.15) is 5.82 Å². The number of primary amides is 1. The Hall–Kier alpha value is -2.53. The molecular weight excluding hydrogens is 363 g/mol. The Labute approximate surface area is 136 Å². The zero-order valence-electron chi connectivity index (χ0n) is 12.5.